The molecule has 2 aromatic carbocycles. The van der Waals surface area contributed by atoms with Crippen LogP contribution < -0.4 is 4.74 Å². The second kappa shape index (κ2) is 6.25. The van der Waals surface area contributed by atoms with E-state index < -0.39 is 0 Å². The second-order valence-electron chi connectivity index (χ2n) is 4.74. The summed E-state index contributed by atoms with van der Waals surface area (Å²) >= 11 is 6.01. The van der Waals surface area contributed by atoms with E-state index in [1.165, 1.54) is 18.2 Å². The molecule has 20 heavy (non-hydrogen) atoms. The van der Waals surface area contributed by atoms with Gasteiger partial charge in [-0.15, -0.1) is 0 Å². The van der Waals surface area contributed by atoms with Crippen LogP contribution in [0.25, 0.3) is 0 Å². The summed E-state index contributed by atoms with van der Waals surface area (Å²) in [5.41, 5.74) is 3.32. The molecule has 0 saturated carbocycles. The highest BCUT2D eigenvalue weighted by Crippen LogP contribution is 2.27. The summed E-state index contributed by atoms with van der Waals surface area (Å²) < 4.78 is 18.9. The molecule has 2 nitrogen and oxygen atoms in total. The first kappa shape index (κ1) is 14.8. The van der Waals surface area contributed by atoms with Gasteiger partial charge < -0.3 is 9.84 Å². The summed E-state index contributed by atoms with van der Waals surface area (Å²) in [7, 11) is 0. The molecule has 0 atom stereocenters. The van der Waals surface area contributed by atoms with Gasteiger partial charge in [0, 0.05) is 10.6 Å². The van der Waals surface area contributed by atoms with Crippen molar-refractivity contribution in [2.24, 2.45) is 0 Å². The predicted octanol–water partition coefficient (Wildman–Crippen LogP) is 4.17. The van der Waals surface area contributed by atoms with Gasteiger partial charge >= 0.3 is 0 Å². The molecule has 0 amide bonds. The molecule has 0 radical (unpaired) electrons. The molecule has 0 aliphatic heterocycles. The highest BCUT2D eigenvalue weighted by molar-refractivity contribution is 6.31. The Morgan fingerprint density at radius 3 is 2.40 bits per heavy atom. The Morgan fingerprint density at radius 2 is 1.80 bits per heavy atom. The molecular formula is C16H16ClFO2. The molecular weight excluding hydrogens is 279 g/mol. The molecule has 4 heteroatoms. The van der Waals surface area contributed by atoms with Gasteiger partial charge in [0.05, 0.1) is 6.61 Å². The molecule has 0 unspecified atom stereocenters. The van der Waals surface area contributed by atoms with Crippen LogP contribution in [0.3, 0.4) is 0 Å². The Balaban J connectivity index is 2.21. The van der Waals surface area contributed by atoms with Gasteiger partial charge in [0.1, 0.15) is 18.2 Å². The predicted molar refractivity (Wildman–Crippen MR) is 77.6 cm³/mol. The molecule has 0 heterocycles. The summed E-state index contributed by atoms with van der Waals surface area (Å²) in [4.78, 5) is 0. The number of aliphatic hydroxyl groups is 1. The van der Waals surface area contributed by atoms with Crippen LogP contribution in [0, 0.1) is 19.7 Å². The summed E-state index contributed by atoms with van der Waals surface area (Å²) in [6, 6.07) is 7.95. The van der Waals surface area contributed by atoms with Crippen molar-refractivity contribution in [1.82, 2.24) is 0 Å². The number of benzene rings is 2. The minimum absolute atomic E-state index is 0.00230. The summed E-state index contributed by atoms with van der Waals surface area (Å²) in [5, 5.41) is 9.63. The largest absolute Gasteiger partial charge is 0.488 e. The SMILES string of the molecule is Cc1cc(CO)cc(C)c1OCc1cc(F)ccc1Cl. The quantitative estimate of drug-likeness (QED) is 0.917. The van der Waals surface area contributed by atoms with E-state index in [1.54, 1.807) is 0 Å². The molecule has 2 rings (SSSR count). The zero-order chi connectivity index (χ0) is 14.7. The third-order valence-electron chi connectivity index (χ3n) is 3.08. The average Bonchev–Trinajstić information content (AvgIpc) is 2.41. The lowest BCUT2D eigenvalue weighted by molar-refractivity contribution is 0.280. The van der Waals surface area contributed by atoms with Crippen LogP contribution >= 0.6 is 11.6 Å². The van der Waals surface area contributed by atoms with Crippen molar-refractivity contribution in [3.05, 3.63) is 63.4 Å². The van der Waals surface area contributed by atoms with E-state index in [0.29, 0.717) is 10.6 Å². The number of ether oxygens (including phenoxy) is 1. The Hall–Kier alpha value is -1.58. The maximum atomic E-state index is 13.2. The Bertz CT molecular complexity index is 603. The van der Waals surface area contributed by atoms with Crippen LogP contribution in [0.2, 0.25) is 5.02 Å². The number of aliphatic hydroxyl groups excluding tert-OH is 1. The molecule has 0 saturated heterocycles. The zero-order valence-corrected chi connectivity index (χ0v) is 12.2. The van der Waals surface area contributed by atoms with Gasteiger partial charge in [-0.05, 0) is 48.7 Å². The zero-order valence-electron chi connectivity index (χ0n) is 11.4. The van der Waals surface area contributed by atoms with Gasteiger partial charge in [-0.2, -0.15) is 0 Å². The van der Waals surface area contributed by atoms with E-state index in [1.807, 2.05) is 26.0 Å². The fourth-order valence-corrected chi connectivity index (χ4v) is 2.33. The van der Waals surface area contributed by atoms with Crippen LogP contribution in [0.1, 0.15) is 22.3 Å². The highest BCUT2D eigenvalue weighted by Gasteiger charge is 2.08. The van der Waals surface area contributed by atoms with Crippen molar-refractivity contribution in [3.8, 4) is 5.75 Å². The lowest BCUT2D eigenvalue weighted by Gasteiger charge is -2.14. The van der Waals surface area contributed by atoms with Gasteiger partial charge in [-0.3, -0.25) is 0 Å². The number of halogens is 2. The molecule has 0 spiro atoms. The normalized spacial score (nSPS) is 10.7. The van der Waals surface area contributed by atoms with E-state index in [-0.39, 0.29) is 19.0 Å². The first-order valence-electron chi connectivity index (χ1n) is 6.29. The molecule has 106 valence electrons. The summed E-state index contributed by atoms with van der Waals surface area (Å²) in [6.45, 7) is 4.03. The number of aryl methyl sites for hydroxylation is 2. The maximum absolute atomic E-state index is 13.2. The van der Waals surface area contributed by atoms with Crippen molar-refractivity contribution < 1.29 is 14.2 Å². The smallest absolute Gasteiger partial charge is 0.125 e. The van der Waals surface area contributed by atoms with E-state index in [2.05, 4.69) is 0 Å². The van der Waals surface area contributed by atoms with E-state index in [9.17, 15) is 4.39 Å². The molecule has 2 aromatic rings. The van der Waals surface area contributed by atoms with Gasteiger partial charge in [0.25, 0.3) is 0 Å². The van der Waals surface area contributed by atoms with Crippen LogP contribution in [0.5, 0.6) is 5.75 Å². The maximum Gasteiger partial charge on any atom is 0.125 e. The van der Waals surface area contributed by atoms with Crippen molar-refractivity contribution in [3.63, 3.8) is 0 Å². The number of hydrogen-bond acceptors (Lipinski definition) is 2. The van der Waals surface area contributed by atoms with Crippen molar-refractivity contribution >= 4 is 11.6 Å². The number of hydrogen-bond donors (Lipinski definition) is 1. The standard InChI is InChI=1S/C16H16ClFO2/c1-10-5-12(8-19)6-11(2)16(10)20-9-13-7-14(18)3-4-15(13)17/h3-7,19H,8-9H2,1-2H3. The molecule has 0 aliphatic rings. The van der Waals surface area contributed by atoms with E-state index in [0.717, 1.165) is 22.4 Å². The van der Waals surface area contributed by atoms with Crippen LogP contribution in [-0.2, 0) is 13.2 Å². The first-order chi connectivity index (χ1) is 9.51. The van der Waals surface area contributed by atoms with Crippen LogP contribution in [0.4, 0.5) is 4.39 Å². The van der Waals surface area contributed by atoms with Gasteiger partial charge in [0.15, 0.2) is 0 Å². The lowest BCUT2D eigenvalue weighted by Crippen LogP contribution is -2.01. The second-order valence-corrected chi connectivity index (χ2v) is 5.15. The van der Waals surface area contributed by atoms with Crippen molar-refractivity contribution in [1.29, 1.82) is 0 Å². The minimum Gasteiger partial charge on any atom is -0.488 e. The average molecular weight is 295 g/mol. The van der Waals surface area contributed by atoms with E-state index >= 15 is 0 Å². The summed E-state index contributed by atoms with van der Waals surface area (Å²) in [6.07, 6.45) is 0. The fraction of sp³-hybridized carbons (Fsp3) is 0.250. The molecule has 0 fully saturated rings. The first-order valence-corrected chi connectivity index (χ1v) is 6.66. The van der Waals surface area contributed by atoms with Crippen molar-refractivity contribution in [2.45, 2.75) is 27.1 Å². The topological polar surface area (TPSA) is 29.5 Å². The van der Waals surface area contributed by atoms with E-state index in [4.69, 9.17) is 21.4 Å². The fourth-order valence-electron chi connectivity index (χ4n) is 2.16. The Morgan fingerprint density at radius 1 is 1.15 bits per heavy atom. The Kier molecular flexibility index (Phi) is 4.63. The minimum atomic E-state index is -0.336. The third kappa shape index (κ3) is 3.30. The van der Waals surface area contributed by atoms with Gasteiger partial charge in [-0.1, -0.05) is 23.7 Å². The molecule has 1 N–H and O–H groups in total. The molecule has 0 bridgehead atoms. The lowest BCUT2D eigenvalue weighted by atomic mass is 10.1. The summed E-state index contributed by atoms with van der Waals surface area (Å²) in [5.74, 6) is 0.402. The van der Waals surface area contributed by atoms with Gasteiger partial charge in [0.2, 0.25) is 0 Å². The highest BCUT2D eigenvalue weighted by atomic mass is 35.5. The monoisotopic (exact) mass is 294 g/mol. The third-order valence-corrected chi connectivity index (χ3v) is 3.45. The van der Waals surface area contributed by atoms with Crippen LogP contribution in [0.15, 0.2) is 30.3 Å². The Labute approximate surface area is 122 Å². The molecule has 0 aliphatic carbocycles. The molecule has 0 aromatic heterocycles. The number of rotatable bonds is 4. The van der Waals surface area contributed by atoms with Crippen molar-refractivity contribution in [2.75, 3.05) is 0 Å². The van der Waals surface area contributed by atoms with Crippen LogP contribution in [-0.4, -0.2) is 5.11 Å². The van der Waals surface area contributed by atoms with Gasteiger partial charge in [-0.25, -0.2) is 4.39 Å².